The van der Waals surface area contributed by atoms with Crippen LogP contribution in [-0.2, 0) is 6.54 Å². The second-order valence-corrected chi connectivity index (χ2v) is 7.23. The number of carbonyl (C=O) groups excluding carboxylic acids is 1. The molecule has 0 spiro atoms. The van der Waals surface area contributed by atoms with Crippen LogP contribution in [0.4, 0.5) is 10.1 Å². The summed E-state index contributed by atoms with van der Waals surface area (Å²) in [7, 11) is 0. The molecule has 3 aromatic rings. The Morgan fingerprint density at radius 2 is 1.83 bits per heavy atom. The molecule has 0 atom stereocenters. The van der Waals surface area contributed by atoms with Gasteiger partial charge in [-0.3, -0.25) is 4.79 Å². The molecule has 2 aromatic carbocycles. The Labute approximate surface area is 176 Å². The zero-order valence-electron chi connectivity index (χ0n) is 15.3. The molecule has 0 unspecified atom stereocenters. The van der Waals surface area contributed by atoms with Crippen LogP contribution in [0.3, 0.4) is 0 Å². The fourth-order valence-corrected chi connectivity index (χ4v) is 3.54. The van der Waals surface area contributed by atoms with Gasteiger partial charge in [0.1, 0.15) is 24.2 Å². The van der Waals surface area contributed by atoms with E-state index in [1.807, 2.05) is 0 Å². The predicted octanol–water partition coefficient (Wildman–Crippen LogP) is 4.71. The number of benzene rings is 2. The van der Waals surface area contributed by atoms with Crippen molar-refractivity contribution >= 4 is 34.8 Å². The molecular weight excluding hydrogens is 420 g/mol. The Hall–Kier alpha value is -2.77. The van der Waals surface area contributed by atoms with Crippen molar-refractivity contribution in [3.8, 4) is 11.5 Å². The fraction of sp³-hybridized carbons (Fsp3) is 0.200. The van der Waals surface area contributed by atoms with Crippen molar-refractivity contribution in [2.75, 3.05) is 18.5 Å². The minimum Gasteiger partial charge on any atom is -0.486 e. The highest BCUT2D eigenvalue weighted by Crippen LogP contribution is 2.38. The molecule has 0 saturated carbocycles. The average Bonchev–Trinajstić information content (AvgIpc) is 2.97. The van der Waals surface area contributed by atoms with Gasteiger partial charge < -0.3 is 14.8 Å². The van der Waals surface area contributed by atoms with E-state index < -0.39 is 5.91 Å². The third-order valence-electron chi connectivity index (χ3n) is 4.42. The fourth-order valence-electron chi connectivity index (χ4n) is 3.02. The van der Waals surface area contributed by atoms with Gasteiger partial charge in [0, 0.05) is 12.1 Å². The quantitative estimate of drug-likeness (QED) is 0.644. The molecule has 1 amide bonds. The van der Waals surface area contributed by atoms with E-state index >= 15 is 0 Å². The molecule has 4 rings (SSSR count). The van der Waals surface area contributed by atoms with Crippen molar-refractivity contribution in [3.63, 3.8) is 0 Å². The van der Waals surface area contributed by atoms with E-state index in [1.165, 1.54) is 16.8 Å². The summed E-state index contributed by atoms with van der Waals surface area (Å²) in [6.07, 6.45) is 0. The highest BCUT2D eigenvalue weighted by Gasteiger charge is 2.23. The van der Waals surface area contributed by atoms with Gasteiger partial charge in [0.05, 0.1) is 28.5 Å². The van der Waals surface area contributed by atoms with E-state index in [9.17, 15) is 9.18 Å². The third-order valence-corrected chi connectivity index (χ3v) is 5.11. The number of nitrogens with one attached hydrogen (secondary N) is 1. The number of fused-ring (bicyclic) bond motifs is 1. The van der Waals surface area contributed by atoms with E-state index in [1.54, 1.807) is 31.2 Å². The van der Waals surface area contributed by atoms with Crippen LogP contribution in [0.2, 0.25) is 10.2 Å². The van der Waals surface area contributed by atoms with Crippen LogP contribution >= 0.6 is 23.2 Å². The van der Waals surface area contributed by atoms with Crippen LogP contribution in [0.15, 0.2) is 36.4 Å². The van der Waals surface area contributed by atoms with Crippen LogP contribution in [0.25, 0.3) is 0 Å². The first-order valence-corrected chi connectivity index (χ1v) is 9.56. The minimum atomic E-state index is -0.448. The monoisotopic (exact) mass is 435 g/mol. The smallest absolute Gasteiger partial charge is 0.260 e. The molecule has 150 valence electrons. The standard InChI is InChI=1S/C20H16Cl2FN3O3/c1-11-18(19(22)26(25-11)10-12-2-4-13(23)5-3-12)20(27)24-15-9-17-16(8-14(15)21)28-6-7-29-17/h2-5,8-9H,6-7,10H2,1H3,(H,24,27). The van der Waals surface area contributed by atoms with Crippen LogP contribution in [-0.4, -0.2) is 28.9 Å². The van der Waals surface area contributed by atoms with Crippen molar-refractivity contribution in [2.45, 2.75) is 13.5 Å². The number of hydrogen-bond acceptors (Lipinski definition) is 4. The van der Waals surface area contributed by atoms with Gasteiger partial charge in [-0.1, -0.05) is 35.3 Å². The maximum Gasteiger partial charge on any atom is 0.260 e. The Bertz CT molecular complexity index is 1080. The summed E-state index contributed by atoms with van der Waals surface area (Å²) in [5.74, 6) is 0.260. The maximum absolute atomic E-state index is 13.1. The van der Waals surface area contributed by atoms with E-state index in [0.29, 0.717) is 47.7 Å². The van der Waals surface area contributed by atoms with Crippen molar-refractivity contribution in [2.24, 2.45) is 0 Å². The van der Waals surface area contributed by atoms with E-state index in [0.717, 1.165) is 5.56 Å². The SMILES string of the molecule is Cc1nn(Cc2ccc(F)cc2)c(Cl)c1C(=O)Nc1cc2c(cc1Cl)OCCO2. The van der Waals surface area contributed by atoms with Gasteiger partial charge in [-0.2, -0.15) is 5.10 Å². The summed E-state index contributed by atoms with van der Waals surface area (Å²) < 4.78 is 25.6. The second kappa shape index (κ2) is 7.93. The number of carbonyl (C=O) groups is 1. The highest BCUT2D eigenvalue weighted by molar-refractivity contribution is 6.35. The van der Waals surface area contributed by atoms with E-state index in [4.69, 9.17) is 32.7 Å². The number of aromatic nitrogens is 2. The lowest BCUT2D eigenvalue weighted by atomic mass is 10.2. The molecule has 0 fully saturated rings. The zero-order chi connectivity index (χ0) is 20.5. The van der Waals surface area contributed by atoms with Crippen molar-refractivity contribution in [3.05, 3.63) is 69.2 Å². The van der Waals surface area contributed by atoms with Crippen LogP contribution < -0.4 is 14.8 Å². The first kappa shape index (κ1) is 19.5. The molecule has 1 aliphatic heterocycles. The van der Waals surface area contributed by atoms with Gasteiger partial charge in [-0.25, -0.2) is 9.07 Å². The lowest BCUT2D eigenvalue weighted by Crippen LogP contribution is -2.17. The summed E-state index contributed by atoms with van der Waals surface area (Å²) >= 11 is 12.7. The van der Waals surface area contributed by atoms with E-state index in [2.05, 4.69) is 10.4 Å². The molecule has 1 N–H and O–H groups in total. The molecule has 9 heteroatoms. The van der Waals surface area contributed by atoms with Gasteiger partial charge >= 0.3 is 0 Å². The summed E-state index contributed by atoms with van der Waals surface area (Å²) in [6, 6.07) is 9.20. The number of nitrogens with zero attached hydrogens (tertiary/aromatic N) is 2. The minimum absolute atomic E-state index is 0.179. The lowest BCUT2D eigenvalue weighted by Gasteiger charge is -2.20. The molecule has 2 heterocycles. The number of anilines is 1. The molecule has 1 aliphatic rings. The van der Waals surface area contributed by atoms with Gasteiger partial charge in [-0.05, 0) is 24.6 Å². The molecular formula is C20H16Cl2FN3O3. The third kappa shape index (κ3) is 4.02. The average molecular weight is 436 g/mol. The number of rotatable bonds is 4. The summed E-state index contributed by atoms with van der Waals surface area (Å²) in [5.41, 5.74) is 1.88. The summed E-state index contributed by atoms with van der Waals surface area (Å²) in [5, 5.41) is 7.58. The number of aryl methyl sites for hydroxylation is 1. The van der Waals surface area contributed by atoms with Gasteiger partial charge in [0.2, 0.25) is 0 Å². The topological polar surface area (TPSA) is 65.4 Å². The summed E-state index contributed by atoms with van der Waals surface area (Å²) in [4.78, 5) is 12.9. The van der Waals surface area contributed by atoms with Crippen LogP contribution in [0.5, 0.6) is 11.5 Å². The molecule has 0 saturated heterocycles. The summed E-state index contributed by atoms with van der Waals surface area (Å²) in [6.45, 7) is 2.85. The molecule has 6 nitrogen and oxygen atoms in total. The zero-order valence-corrected chi connectivity index (χ0v) is 16.9. The number of amides is 1. The van der Waals surface area contributed by atoms with E-state index in [-0.39, 0.29) is 16.5 Å². The molecule has 1 aromatic heterocycles. The van der Waals surface area contributed by atoms with Crippen LogP contribution in [0.1, 0.15) is 21.6 Å². The predicted molar refractivity (Wildman–Crippen MR) is 108 cm³/mol. The maximum atomic E-state index is 13.1. The Morgan fingerprint density at radius 3 is 2.52 bits per heavy atom. The van der Waals surface area contributed by atoms with Crippen molar-refractivity contribution < 1.29 is 18.7 Å². The Kier molecular flexibility index (Phi) is 5.34. The Balaban J connectivity index is 1.58. The van der Waals surface area contributed by atoms with Gasteiger partial charge in [0.25, 0.3) is 5.91 Å². The first-order valence-electron chi connectivity index (χ1n) is 8.80. The molecule has 0 bridgehead atoms. The van der Waals surface area contributed by atoms with Crippen molar-refractivity contribution in [1.82, 2.24) is 9.78 Å². The van der Waals surface area contributed by atoms with Gasteiger partial charge in [0.15, 0.2) is 11.5 Å². The number of halogens is 3. The lowest BCUT2D eigenvalue weighted by molar-refractivity contribution is 0.102. The molecule has 0 aliphatic carbocycles. The molecule has 29 heavy (non-hydrogen) atoms. The van der Waals surface area contributed by atoms with Gasteiger partial charge in [-0.15, -0.1) is 0 Å². The number of hydrogen-bond donors (Lipinski definition) is 1. The largest absolute Gasteiger partial charge is 0.486 e. The van der Waals surface area contributed by atoms with Crippen LogP contribution in [0, 0.1) is 12.7 Å². The Morgan fingerprint density at radius 1 is 1.17 bits per heavy atom. The normalized spacial score (nSPS) is 12.7. The number of ether oxygens (including phenoxy) is 2. The van der Waals surface area contributed by atoms with Crippen molar-refractivity contribution in [1.29, 1.82) is 0 Å². The first-order chi connectivity index (χ1) is 13.9. The highest BCUT2D eigenvalue weighted by atomic mass is 35.5. The molecule has 0 radical (unpaired) electrons. The second-order valence-electron chi connectivity index (χ2n) is 6.47.